The molecule has 2 rings (SSSR count). The number of hydrogen-bond acceptors (Lipinski definition) is 2. The van der Waals surface area contributed by atoms with Crippen LogP contribution in [0.2, 0.25) is 0 Å². The van der Waals surface area contributed by atoms with Gasteiger partial charge in [0, 0.05) is 23.7 Å². The van der Waals surface area contributed by atoms with Crippen molar-refractivity contribution in [3.05, 3.63) is 29.8 Å². The zero-order valence-electron chi connectivity index (χ0n) is 11.4. The molecule has 3 heteroatoms. The third-order valence-corrected chi connectivity index (χ3v) is 3.07. The Morgan fingerprint density at radius 3 is 2.33 bits per heavy atom. The number of carbonyl (C=O) groups is 1. The van der Waals surface area contributed by atoms with Gasteiger partial charge in [-0.2, -0.15) is 0 Å². The molecule has 18 heavy (non-hydrogen) atoms. The Bertz CT molecular complexity index is 413. The first-order valence-electron chi connectivity index (χ1n) is 6.59. The largest absolute Gasteiger partial charge is 0.326 e. The van der Waals surface area contributed by atoms with Gasteiger partial charge < -0.3 is 10.6 Å². The lowest BCUT2D eigenvalue weighted by atomic mass is 9.95. The predicted octanol–water partition coefficient (Wildman–Crippen LogP) is 2.92. The molecular weight excluding hydrogens is 224 g/mol. The van der Waals surface area contributed by atoms with Gasteiger partial charge in [0.1, 0.15) is 0 Å². The number of hydrogen-bond donors (Lipinski definition) is 2. The molecule has 1 saturated carbocycles. The van der Waals surface area contributed by atoms with Crippen molar-refractivity contribution in [2.75, 3.05) is 5.32 Å². The third-order valence-electron chi connectivity index (χ3n) is 3.07. The van der Waals surface area contributed by atoms with Gasteiger partial charge in [0.05, 0.1) is 0 Å². The summed E-state index contributed by atoms with van der Waals surface area (Å²) in [5.41, 5.74) is 1.77. The van der Waals surface area contributed by atoms with Crippen LogP contribution in [0.1, 0.15) is 39.2 Å². The topological polar surface area (TPSA) is 41.1 Å². The van der Waals surface area contributed by atoms with Crippen molar-refractivity contribution < 1.29 is 4.79 Å². The summed E-state index contributed by atoms with van der Waals surface area (Å²) >= 11 is 0. The quantitative estimate of drug-likeness (QED) is 0.857. The standard InChI is InChI=1S/C15H22N2O/c1-15(2,3)14(18)17-13-6-4-11(5-7-13)10-16-12-8-9-12/h4-7,12,16H,8-10H2,1-3H3,(H,17,18). The van der Waals surface area contributed by atoms with Crippen molar-refractivity contribution >= 4 is 11.6 Å². The molecule has 0 aromatic heterocycles. The van der Waals surface area contributed by atoms with Crippen LogP contribution in [0.3, 0.4) is 0 Å². The monoisotopic (exact) mass is 246 g/mol. The Morgan fingerprint density at radius 2 is 1.83 bits per heavy atom. The molecule has 3 nitrogen and oxygen atoms in total. The van der Waals surface area contributed by atoms with Crippen molar-refractivity contribution in [2.24, 2.45) is 5.41 Å². The molecule has 2 N–H and O–H groups in total. The van der Waals surface area contributed by atoms with E-state index in [1.165, 1.54) is 18.4 Å². The van der Waals surface area contributed by atoms with Crippen molar-refractivity contribution in [3.8, 4) is 0 Å². The van der Waals surface area contributed by atoms with Crippen molar-refractivity contribution in [2.45, 2.75) is 46.2 Å². The maximum atomic E-state index is 11.8. The molecule has 1 aromatic carbocycles. The van der Waals surface area contributed by atoms with E-state index in [4.69, 9.17) is 0 Å². The van der Waals surface area contributed by atoms with E-state index in [1.807, 2.05) is 32.9 Å². The molecular formula is C15H22N2O. The highest BCUT2D eigenvalue weighted by molar-refractivity contribution is 5.94. The van der Waals surface area contributed by atoms with E-state index in [2.05, 4.69) is 22.8 Å². The average Bonchev–Trinajstić information content (AvgIpc) is 3.11. The Hall–Kier alpha value is -1.35. The second kappa shape index (κ2) is 5.11. The minimum Gasteiger partial charge on any atom is -0.326 e. The van der Waals surface area contributed by atoms with Crippen LogP contribution in [-0.4, -0.2) is 11.9 Å². The van der Waals surface area contributed by atoms with Crippen LogP contribution in [0.25, 0.3) is 0 Å². The minimum atomic E-state index is -0.355. The third kappa shape index (κ3) is 3.84. The van der Waals surface area contributed by atoms with Gasteiger partial charge in [0.2, 0.25) is 5.91 Å². The van der Waals surface area contributed by atoms with Crippen molar-refractivity contribution in [1.29, 1.82) is 0 Å². The minimum absolute atomic E-state index is 0.0476. The van der Waals surface area contributed by atoms with Gasteiger partial charge in [-0.15, -0.1) is 0 Å². The summed E-state index contributed by atoms with van der Waals surface area (Å²) < 4.78 is 0. The van der Waals surface area contributed by atoms with Crippen LogP contribution in [0.4, 0.5) is 5.69 Å². The van der Waals surface area contributed by atoms with Gasteiger partial charge >= 0.3 is 0 Å². The van der Waals surface area contributed by atoms with Gasteiger partial charge in [-0.3, -0.25) is 4.79 Å². The van der Waals surface area contributed by atoms with Crippen LogP contribution in [-0.2, 0) is 11.3 Å². The molecule has 1 fully saturated rings. The molecule has 0 spiro atoms. The van der Waals surface area contributed by atoms with Crippen LogP contribution in [0, 0.1) is 5.41 Å². The van der Waals surface area contributed by atoms with Gasteiger partial charge in [0.15, 0.2) is 0 Å². The molecule has 0 atom stereocenters. The lowest BCUT2D eigenvalue weighted by Crippen LogP contribution is -2.27. The van der Waals surface area contributed by atoms with Gasteiger partial charge in [-0.25, -0.2) is 0 Å². The fraction of sp³-hybridized carbons (Fsp3) is 0.533. The molecule has 1 amide bonds. The van der Waals surface area contributed by atoms with E-state index in [0.29, 0.717) is 0 Å². The van der Waals surface area contributed by atoms with Crippen LogP contribution in [0.5, 0.6) is 0 Å². The molecule has 1 aliphatic rings. The van der Waals surface area contributed by atoms with Gasteiger partial charge in [-0.1, -0.05) is 32.9 Å². The summed E-state index contributed by atoms with van der Waals surface area (Å²) in [5, 5.41) is 6.40. The molecule has 1 aromatic rings. The number of anilines is 1. The van der Waals surface area contributed by atoms with E-state index >= 15 is 0 Å². The Morgan fingerprint density at radius 1 is 1.22 bits per heavy atom. The number of nitrogens with one attached hydrogen (secondary N) is 2. The first-order valence-corrected chi connectivity index (χ1v) is 6.59. The summed E-state index contributed by atoms with van der Waals surface area (Å²) in [5.74, 6) is 0.0476. The van der Waals surface area contributed by atoms with Crippen LogP contribution in [0.15, 0.2) is 24.3 Å². The molecule has 0 saturated heterocycles. The zero-order valence-corrected chi connectivity index (χ0v) is 11.4. The summed E-state index contributed by atoms with van der Waals surface area (Å²) in [6.07, 6.45) is 2.61. The first kappa shape index (κ1) is 13.1. The molecule has 0 heterocycles. The number of amides is 1. The van der Waals surface area contributed by atoms with E-state index in [9.17, 15) is 4.79 Å². The Kier molecular flexibility index (Phi) is 3.71. The normalized spacial score (nSPS) is 15.5. The van der Waals surface area contributed by atoms with E-state index in [1.54, 1.807) is 0 Å². The van der Waals surface area contributed by atoms with E-state index < -0.39 is 0 Å². The highest BCUT2D eigenvalue weighted by Crippen LogP contribution is 2.20. The van der Waals surface area contributed by atoms with E-state index in [-0.39, 0.29) is 11.3 Å². The summed E-state index contributed by atoms with van der Waals surface area (Å²) in [6.45, 7) is 6.65. The molecule has 0 aliphatic heterocycles. The van der Waals surface area contributed by atoms with E-state index in [0.717, 1.165) is 18.3 Å². The second-order valence-electron chi connectivity index (χ2n) is 6.06. The number of rotatable bonds is 4. The lowest BCUT2D eigenvalue weighted by Gasteiger charge is -2.17. The molecule has 98 valence electrons. The highest BCUT2D eigenvalue weighted by atomic mass is 16.2. The predicted molar refractivity (Wildman–Crippen MR) is 74.4 cm³/mol. The fourth-order valence-corrected chi connectivity index (χ4v) is 1.57. The molecule has 0 radical (unpaired) electrons. The first-order chi connectivity index (χ1) is 8.45. The Labute approximate surface area is 109 Å². The maximum Gasteiger partial charge on any atom is 0.229 e. The number of benzene rings is 1. The van der Waals surface area contributed by atoms with Crippen molar-refractivity contribution in [3.63, 3.8) is 0 Å². The average molecular weight is 246 g/mol. The summed E-state index contributed by atoms with van der Waals surface area (Å²) in [7, 11) is 0. The van der Waals surface area contributed by atoms with Gasteiger partial charge in [-0.05, 0) is 30.5 Å². The van der Waals surface area contributed by atoms with Gasteiger partial charge in [0.25, 0.3) is 0 Å². The molecule has 0 unspecified atom stereocenters. The second-order valence-corrected chi connectivity index (χ2v) is 6.06. The summed E-state index contributed by atoms with van der Waals surface area (Å²) in [4.78, 5) is 11.8. The van der Waals surface area contributed by atoms with Crippen LogP contribution < -0.4 is 10.6 Å². The maximum absolute atomic E-state index is 11.8. The molecule has 0 bridgehead atoms. The van der Waals surface area contributed by atoms with Crippen molar-refractivity contribution in [1.82, 2.24) is 5.32 Å². The number of carbonyl (C=O) groups excluding carboxylic acids is 1. The molecule has 1 aliphatic carbocycles. The lowest BCUT2D eigenvalue weighted by molar-refractivity contribution is -0.123. The SMILES string of the molecule is CC(C)(C)C(=O)Nc1ccc(CNC2CC2)cc1. The fourth-order valence-electron chi connectivity index (χ4n) is 1.57. The Balaban J connectivity index is 1.88. The zero-order chi connectivity index (χ0) is 13.2. The highest BCUT2D eigenvalue weighted by Gasteiger charge is 2.21. The van der Waals surface area contributed by atoms with Crippen LogP contribution >= 0.6 is 0 Å². The smallest absolute Gasteiger partial charge is 0.229 e. The summed E-state index contributed by atoms with van der Waals surface area (Å²) in [6, 6.07) is 8.79.